The van der Waals surface area contributed by atoms with E-state index in [0.29, 0.717) is 73.6 Å². The number of hydrogen-bond donors (Lipinski definition) is 2. The Balaban J connectivity index is 1.47. The Kier molecular flexibility index (Phi) is 10.5. The first-order chi connectivity index (χ1) is 19.6. The van der Waals surface area contributed by atoms with Gasteiger partial charge < -0.3 is 29.6 Å². The molecule has 208 valence electrons. The molecule has 0 bridgehead atoms. The Labute approximate surface area is 234 Å². The highest BCUT2D eigenvalue weighted by Crippen LogP contribution is 2.30. The lowest BCUT2D eigenvalue weighted by Crippen LogP contribution is -2.14. The van der Waals surface area contributed by atoms with Crippen molar-refractivity contribution in [1.82, 2.24) is 0 Å². The number of benzene rings is 4. The molecule has 0 heterocycles. The highest BCUT2D eigenvalue weighted by atomic mass is 16.5. The van der Waals surface area contributed by atoms with Gasteiger partial charge >= 0.3 is 0 Å². The number of ether oxygens (including phenoxy) is 4. The predicted octanol–water partition coefficient (Wildman–Crippen LogP) is 6.18. The summed E-state index contributed by atoms with van der Waals surface area (Å²) in [5.74, 6) is 0.662. The Morgan fingerprint density at radius 3 is 1.43 bits per heavy atom. The van der Waals surface area contributed by atoms with E-state index < -0.39 is 0 Å². The van der Waals surface area contributed by atoms with Crippen LogP contribution in [-0.4, -0.2) is 51.5 Å². The van der Waals surface area contributed by atoms with Crippen LogP contribution in [0, 0.1) is 0 Å². The summed E-state index contributed by atoms with van der Waals surface area (Å²) in [4.78, 5) is 26.2. The number of carbonyl (C=O) groups excluding carboxylic acids is 2. The van der Waals surface area contributed by atoms with Crippen molar-refractivity contribution in [2.24, 2.45) is 0 Å². The third kappa shape index (κ3) is 7.81. The minimum atomic E-state index is -0.265. The second-order valence-corrected chi connectivity index (χ2v) is 8.76. The van der Waals surface area contributed by atoms with Crippen molar-refractivity contribution in [2.45, 2.75) is 13.8 Å². The Morgan fingerprint density at radius 2 is 1.00 bits per heavy atom. The number of carbonyl (C=O) groups is 2. The average Bonchev–Trinajstić information content (AvgIpc) is 2.98. The molecular weight excluding hydrogens is 508 g/mol. The average molecular weight is 543 g/mol. The van der Waals surface area contributed by atoms with E-state index in [9.17, 15) is 9.59 Å². The Bertz CT molecular complexity index is 1330. The van der Waals surface area contributed by atoms with Gasteiger partial charge in [0, 0.05) is 46.5 Å². The molecule has 8 heteroatoms. The van der Waals surface area contributed by atoms with E-state index in [0.717, 1.165) is 10.8 Å². The van der Waals surface area contributed by atoms with Crippen molar-refractivity contribution < 1.29 is 28.5 Å². The lowest BCUT2D eigenvalue weighted by molar-refractivity contribution is 0.101. The summed E-state index contributed by atoms with van der Waals surface area (Å²) >= 11 is 0. The molecule has 0 aliphatic carbocycles. The van der Waals surface area contributed by atoms with E-state index in [2.05, 4.69) is 10.6 Å². The van der Waals surface area contributed by atoms with Gasteiger partial charge in [0.05, 0.1) is 13.2 Å². The van der Waals surface area contributed by atoms with Gasteiger partial charge in [-0.25, -0.2) is 0 Å². The molecule has 2 amide bonds. The lowest BCUT2D eigenvalue weighted by Gasteiger charge is -2.14. The molecule has 0 aromatic heterocycles. The molecule has 0 fully saturated rings. The largest absolute Gasteiger partial charge is 0.491 e. The van der Waals surface area contributed by atoms with Crippen LogP contribution in [0.5, 0.6) is 11.5 Å². The minimum absolute atomic E-state index is 0.265. The zero-order chi connectivity index (χ0) is 28.2. The molecule has 0 saturated carbocycles. The van der Waals surface area contributed by atoms with Crippen molar-refractivity contribution in [3.63, 3.8) is 0 Å². The summed E-state index contributed by atoms with van der Waals surface area (Å²) in [5, 5.41) is 7.58. The molecule has 8 nitrogen and oxygen atoms in total. The minimum Gasteiger partial charge on any atom is -0.491 e. The number of hydrogen-bond acceptors (Lipinski definition) is 6. The van der Waals surface area contributed by atoms with Crippen LogP contribution in [0.1, 0.15) is 34.6 Å². The fourth-order valence-corrected chi connectivity index (χ4v) is 4.10. The number of amides is 2. The number of fused-ring (bicyclic) bond motifs is 1. The zero-order valence-electron chi connectivity index (χ0n) is 22.8. The van der Waals surface area contributed by atoms with Gasteiger partial charge in [0.25, 0.3) is 11.8 Å². The van der Waals surface area contributed by atoms with Gasteiger partial charge in [0.1, 0.15) is 24.7 Å². The monoisotopic (exact) mass is 542 g/mol. The van der Waals surface area contributed by atoms with Crippen LogP contribution in [0.15, 0.2) is 84.9 Å². The lowest BCUT2D eigenvalue weighted by atomic mass is 10.1. The van der Waals surface area contributed by atoms with Crippen molar-refractivity contribution in [1.29, 1.82) is 0 Å². The molecule has 0 atom stereocenters. The van der Waals surface area contributed by atoms with Crippen molar-refractivity contribution in [3.8, 4) is 11.5 Å². The molecule has 4 aromatic rings. The smallest absolute Gasteiger partial charge is 0.255 e. The third-order valence-electron chi connectivity index (χ3n) is 6.01. The molecule has 0 radical (unpaired) electrons. The molecule has 40 heavy (non-hydrogen) atoms. The van der Waals surface area contributed by atoms with Gasteiger partial charge in [-0.3, -0.25) is 9.59 Å². The predicted molar refractivity (Wildman–Crippen MR) is 157 cm³/mol. The Hall–Kier alpha value is -4.40. The SMILES string of the molecule is CCOCCOc1cccc(C(=O)Nc2cccc3c(NC(=O)c4cccc(OCCOCC)c4)cccc23)c1. The number of rotatable bonds is 14. The summed E-state index contributed by atoms with van der Waals surface area (Å²) in [7, 11) is 0. The van der Waals surface area contributed by atoms with Gasteiger partial charge in [-0.15, -0.1) is 0 Å². The molecule has 0 aliphatic heterocycles. The van der Waals surface area contributed by atoms with E-state index in [1.54, 1.807) is 48.5 Å². The molecule has 0 aliphatic rings. The quantitative estimate of drug-likeness (QED) is 0.185. The number of nitrogens with one attached hydrogen (secondary N) is 2. The summed E-state index contributed by atoms with van der Waals surface area (Å²) in [5.41, 5.74) is 2.20. The van der Waals surface area contributed by atoms with Crippen LogP contribution in [0.4, 0.5) is 11.4 Å². The second-order valence-electron chi connectivity index (χ2n) is 8.76. The second kappa shape index (κ2) is 14.7. The van der Waals surface area contributed by atoms with Gasteiger partial charge in [0.15, 0.2) is 0 Å². The first-order valence-corrected chi connectivity index (χ1v) is 13.3. The fourth-order valence-electron chi connectivity index (χ4n) is 4.10. The highest BCUT2D eigenvalue weighted by molar-refractivity contribution is 6.14. The van der Waals surface area contributed by atoms with Crippen LogP contribution < -0.4 is 20.1 Å². The maximum Gasteiger partial charge on any atom is 0.255 e. The first kappa shape index (κ1) is 28.6. The van der Waals surface area contributed by atoms with E-state index >= 15 is 0 Å². The van der Waals surface area contributed by atoms with Crippen LogP contribution in [0.3, 0.4) is 0 Å². The summed E-state index contributed by atoms with van der Waals surface area (Å²) in [6, 6.07) is 25.2. The Morgan fingerprint density at radius 1 is 0.575 bits per heavy atom. The van der Waals surface area contributed by atoms with Crippen LogP contribution in [0.2, 0.25) is 0 Å². The molecular formula is C32H34N2O6. The topological polar surface area (TPSA) is 95.1 Å². The third-order valence-corrected chi connectivity index (χ3v) is 6.01. The summed E-state index contributed by atoms with van der Waals surface area (Å²) < 4.78 is 22.0. The van der Waals surface area contributed by atoms with Gasteiger partial charge in [0.2, 0.25) is 0 Å². The maximum atomic E-state index is 13.1. The molecule has 0 saturated heterocycles. The molecule has 0 unspecified atom stereocenters. The number of anilines is 2. The highest BCUT2D eigenvalue weighted by Gasteiger charge is 2.13. The van der Waals surface area contributed by atoms with Crippen molar-refractivity contribution >= 4 is 34.0 Å². The van der Waals surface area contributed by atoms with Crippen molar-refractivity contribution in [2.75, 3.05) is 50.3 Å². The molecule has 0 spiro atoms. The van der Waals surface area contributed by atoms with Crippen molar-refractivity contribution in [3.05, 3.63) is 96.1 Å². The van der Waals surface area contributed by atoms with Gasteiger partial charge in [-0.2, -0.15) is 0 Å². The molecule has 2 N–H and O–H groups in total. The van der Waals surface area contributed by atoms with E-state index in [-0.39, 0.29) is 11.8 Å². The van der Waals surface area contributed by atoms with Gasteiger partial charge in [-0.05, 0) is 62.4 Å². The van der Waals surface area contributed by atoms with E-state index in [4.69, 9.17) is 18.9 Å². The van der Waals surface area contributed by atoms with Crippen LogP contribution in [0.25, 0.3) is 10.8 Å². The summed E-state index contributed by atoms with van der Waals surface area (Å²) in [6.45, 7) is 6.88. The summed E-state index contributed by atoms with van der Waals surface area (Å²) in [6.07, 6.45) is 0. The zero-order valence-corrected chi connectivity index (χ0v) is 22.8. The first-order valence-electron chi connectivity index (χ1n) is 13.3. The molecule has 4 rings (SSSR count). The maximum absolute atomic E-state index is 13.1. The molecule has 4 aromatic carbocycles. The van der Waals surface area contributed by atoms with Crippen LogP contribution in [-0.2, 0) is 9.47 Å². The standard InChI is InChI=1S/C32H34N2O6/c1-3-37-17-19-39-25-11-5-9-23(21-25)31(35)33-29-15-7-14-28-27(29)13-8-16-30(28)34-32(36)24-10-6-12-26(22-24)40-20-18-38-4-2/h5-16,21-22H,3-4,17-20H2,1-2H3,(H,33,35)(H,34,36). The van der Waals surface area contributed by atoms with Crippen LogP contribution >= 0.6 is 0 Å². The fraction of sp³-hybridized carbons (Fsp3) is 0.250. The van der Waals surface area contributed by atoms with E-state index in [1.807, 2.05) is 50.2 Å². The normalized spacial score (nSPS) is 10.8. The van der Waals surface area contributed by atoms with E-state index in [1.165, 1.54) is 0 Å². The van der Waals surface area contributed by atoms with Gasteiger partial charge in [-0.1, -0.05) is 36.4 Å².